The fraction of sp³-hybridized carbons (Fsp3) is 0.308. The minimum atomic E-state index is -0.263. The summed E-state index contributed by atoms with van der Waals surface area (Å²) in [6.07, 6.45) is 1.62. The lowest BCUT2D eigenvalue weighted by Gasteiger charge is -2.07. The first-order valence-electron chi connectivity index (χ1n) is 6.43. The van der Waals surface area contributed by atoms with Crippen molar-refractivity contribution in [2.45, 2.75) is 20.0 Å². The largest absolute Gasteiger partial charge is 0.454 e. The molecule has 1 aromatic heterocycles. The van der Waals surface area contributed by atoms with Gasteiger partial charge in [-0.3, -0.25) is 4.79 Å². The second kappa shape index (κ2) is 5.61. The number of nitrogens with one attached hydrogen (secondary N) is 1. The molecule has 0 aliphatic carbocycles. The van der Waals surface area contributed by atoms with E-state index < -0.39 is 0 Å². The van der Waals surface area contributed by atoms with Gasteiger partial charge in [0, 0.05) is 12.1 Å². The number of hydrogen-bond donors (Lipinski definition) is 1. The highest BCUT2D eigenvalue weighted by Gasteiger charge is 2.20. The molecule has 1 aromatic carbocycles. The average Bonchev–Trinajstić information content (AvgIpc) is 3.12. The molecule has 7 nitrogen and oxygen atoms in total. The number of carbonyl (C=O) groups is 1. The Balaban J connectivity index is 1.73. The smallest absolute Gasteiger partial charge is 0.251 e. The zero-order valence-corrected chi connectivity index (χ0v) is 12.1. The van der Waals surface area contributed by atoms with Crippen molar-refractivity contribution in [1.82, 2.24) is 20.1 Å². The van der Waals surface area contributed by atoms with E-state index in [1.54, 1.807) is 18.5 Å². The maximum absolute atomic E-state index is 12.2. The van der Waals surface area contributed by atoms with Crippen LogP contribution in [0.4, 0.5) is 0 Å². The van der Waals surface area contributed by atoms with Gasteiger partial charge in [0.05, 0.1) is 11.6 Å². The van der Waals surface area contributed by atoms with Crippen molar-refractivity contribution in [3.8, 4) is 11.5 Å². The van der Waals surface area contributed by atoms with Crippen LogP contribution in [0.2, 0.25) is 5.02 Å². The zero-order valence-electron chi connectivity index (χ0n) is 11.3. The Labute approximate surface area is 125 Å². The number of fused-ring (bicyclic) bond motifs is 1. The second-order valence-corrected chi connectivity index (χ2v) is 4.81. The van der Waals surface area contributed by atoms with Gasteiger partial charge in [-0.1, -0.05) is 11.6 Å². The van der Waals surface area contributed by atoms with Gasteiger partial charge in [0.1, 0.15) is 6.33 Å². The number of ether oxygens (including phenoxy) is 2. The molecule has 0 spiro atoms. The van der Waals surface area contributed by atoms with Crippen molar-refractivity contribution < 1.29 is 14.3 Å². The van der Waals surface area contributed by atoms with Gasteiger partial charge < -0.3 is 19.4 Å². The Morgan fingerprint density at radius 2 is 2.33 bits per heavy atom. The van der Waals surface area contributed by atoms with Crippen LogP contribution in [-0.4, -0.2) is 27.5 Å². The summed E-state index contributed by atoms with van der Waals surface area (Å²) in [4.78, 5) is 12.2. The van der Waals surface area contributed by atoms with Crippen LogP contribution >= 0.6 is 11.6 Å². The molecular formula is C13H13ClN4O3. The molecule has 1 aliphatic heterocycles. The maximum atomic E-state index is 12.2. The van der Waals surface area contributed by atoms with E-state index in [0.29, 0.717) is 34.5 Å². The summed E-state index contributed by atoms with van der Waals surface area (Å²) < 4.78 is 12.3. The number of aromatic nitrogens is 3. The van der Waals surface area contributed by atoms with Gasteiger partial charge in [0.15, 0.2) is 17.3 Å². The standard InChI is InChI=1S/C13H13ClN4O3/c1-2-18-6-16-17-11(18)5-15-13(19)8-3-9(14)12-10(4-8)20-7-21-12/h3-4,6H,2,5,7H2,1H3,(H,15,19). The highest BCUT2D eigenvalue weighted by molar-refractivity contribution is 6.32. The number of hydrogen-bond acceptors (Lipinski definition) is 5. The van der Waals surface area contributed by atoms with Gasteiger partial charge in [0.2, 0.25) is 6.79 Å². The van der Waals surface area contributed by atoms with Crippen molar-refractivity contribution in [3.63, 3.8) is 0 Å². The predicted molar refractivity (Wildman–Crippen MR) is 74.4 cm³/mol. The monoisotopic (exact) mass is 308 g/mol. The summed E-state index contributed by atoms with van der Waals surface area (Å²) in [5.41, 5.74) is 0.409. The van der Waals surface area contributed by atoms with E-state index in [-0.39, 0.29) is 12.7 Å². The van der Waals surface area contributed by atoms with Crippen LogP contribution < -0.4 is 14.8 Å². The molecule has 2 aromatic rings. The normalized spacial score (nSPS) is 12.5. The first-order chi connectivity index (χ1) is 10.2. The molecule has 0 fully saturated rings. The number of benzene rings is 1. The number of aryl methyl sites for hydroxylation is 1. The van der Waals surface area contributed by atoms with Crippen LogP contribution in [0, 0.1) is 0 Å². The molecule has 0 saturated carbocycles. The highest BCUT2D eigenvalue weighted by atomic mass is 35.5. The van der Waals surface area contributed by atoms with Crippen molar-refractivity contribution in [2.75, 3.05) is 6.79 Å². The second-order valence-electron chi connectivity index (χ2n) is 4.41. The van der Waals surface area contributed by atoms with Gasteiger partial charge in [-0.25, -0.2) is 0 Å². The van der Waals surface area contributed by atoms with Crippen LogP contribution in [0.1, 0.15) is 23.1 Å². The van der Waals surface area contributed by atoms with E-state index in [0.717, 1.165) is 6.54 Å². The van der Waals surface area contributed by atoms with Gasteiger partial charge in [0.25, 0.3) is 5.91 Å². The summed E-state index contributed by atoms with van der Waals surface area (Å²) in [7, 11) is 0. The SMILES string of the molecule is CCn1cnnc1CNC(=O)c1cc(Cl)c2c(c1)OCO2. The van der Waals surface area contributed by atoms with Crippen LogP contribution in [0.3, 0.4) is 0 Å². The van der Waals surface area contributed by atoms with Crippen molar-refractivity contribution >= 4 is 17.5 Å². The summed E-state index contributed by atoms with van der Waals surface area (Å²) >= 11 is 6.05. The molecule has 110 valence electrons. The number of amides is 1. The highest BCUT2D eigenvalue weighted by Crippen LogP contribution is 2.39. The predicted octanol–water partition coefficient (Wildman–Crippen LogP) is 1.61. The topological polar surface area (TPSA) is 78.3 Å². The van der Waals surface area contributed by atoms with Crippen LogP contribution in [0.25, 0.3) is 0 Å². The molecule has 0 bridgehead atoms. The Kier molecular flexibility index (Phi) is 3.66. The zero-order chi connectivity index (χ0) is 14.8. The Morgan fingerprint density at radius 3 is 3.14 bits per heavy atom. The molecule has 1 aliphatic rings. The summed E-state index contributed by atoms with van der Waals surface area (Å²) in [5, 5.41) is 10.9. The Morgan fingerprint density at radius 1 is 1.48 bits per heavy atom. The van der Waals surface area contributed by atoms with Crippen molar-refractivity contribution in [3.05, 3.63) is 34.9 Å². The van der Waals surface area contributed by atoms with Gasteiger partial charge in [-0.15, -0.1) is 10.2 Å². The van der Waals surface area contributed by atoms with Crippen LogP contribution in [0.5, 0.6) is 11.5 Å². The first-order valence-corrected chi connectivity index (χ1v) is 6.81. The molecule has 0 unspecified atom stereocenters. The third kappa shape index (κ3) is 2.64. The van der Waals surface area contributed by atoms with E-state index in [2.05, 4.69) is 15.5 Å². The summed E-state index contributed by atoms with van der Waals surface area (Å²) in [6.45, 7) is 3.12. The average molecular weight is 309 g/mol. The number of rotatable bonds is 4. The van der Waals surface area contributed by atoms with E-state index in [4.69, 9.17) is 21.1 Å². The number of carbonyl (C=O) groups excluding carboxylic acids is 1. The number of halogens is 1. The molecule has 21 heavy (non-hydrogen) atoms. The molecule has 0 radical (unpaired) electrons. The van der Waals surface area contributed by atoms with Crippen molar-refractivity contribution in [1.29, 1.82) is 0 Å². The lowest BCUT2D eigenvalue weighted by atomic mass is 10.2. The Bertz CT molecular complexity index is 686. The molecule has 8 heteroatoms. The third-order valence-corrected chi connectivity index (χ3v) is 3.41. The van der Waals surface area contributed by atoms with Gasteiger partial charge in [-0.2, -0.15) is 0 Å². The van der Waals surface area contributed by atoms with Gasteiger partial charge in [-0.05, 0) is 19.1 Å². The molecule has 0 atom stereocenters. The van der Waals surface area contributed by atoms with Crippen LogP contribution in [0.15, 0.2) is 18.5 Å². The lowest BCUT2D eigenvalue weighted by Crippen LogP contribution is -2.24. The van der Waals surface area contributed by atoms with E-state index in [9.17, 15) is 4.79 Å². The summed E-state index contributed by atoms with van der Waals surface area (Å²) in [6, 6.07) is 3.16. The van der Waals surface area contributed by atoms with E-state index >= 15 is 0 Å². The number of nitrogens with zero attached hydrogens (tertiary/aromatic N) is 3. The quantitative estimate of drug-likeness (QED) is 0.928. The van der Waals surface area contributed by atoms with Gasteiger partial charge >= 0.3 is 0 Å². The Hall–Kier alpha value is -2.28. The van der Waals surface area contributed by atoms with E-state index in [1.807, 2.05) is 11.5 Å². The molecule has 1 amide bonds. The third-order valence-electron chi connectivity index (χ3n) is 3.13. The minimum Gasteiger partial charge on any atom is -0.454 e. The van der Waals surface area contributed by atoms with Crippen LogP contribution in [-0.2, 0) is 13.1 Å². The fourth-order valence-corrected chi connectivity index (χ4v) is 2.31. The van der Waals surface area contributed by atoms with Crippen molar-refractivity contribution in [2.24, 2.45) is 0 Å². The molecule has 1 N–H and O–H groups in total. The minimum absolute atomic E-state index is 0.111. The lowest BCUT2D eigenvalue weighted by molar-refractivity contribution is 0.0949. The molecule has 3 rings (SSSR count). The summed E-state index contributed by atoms with van der Waals surface area (Å²) in [5.74, 6) is 1.38. The molecule has 2 heterocycles. The fourth-order valence-electron chi connectivity index (χ4n) is 2.04. The molecular weight excluding hydrogens is 296 g/mol. The molecule has 0 saturated heterocycles. The first kappa shape index (κ1) is 13.7. The van der Waals surface area contributed by atoms with E-state index in [1.165, 1.54) is 0 Å². The maximum Gasteiger partial charge on any atom is 0.251 e.